The number of halogens is 1. The number of hydrogen-bond acceptors (Lipinski definition) is 5. The number of nitrogens with zero attached hydrogens (tertiary/aromatic N) is 2. The number of sulfonamides is 1. The first kappa shape index (κ1) is 25.1. The highest BCUT2D eigenvalue weighted by Crippen LogP contribution is 2.36. The summed E-state index contributed by atoms with van der Waals surface area (Å²) in [4.78, 5) is 14.7. The minimum Gasteiger partial charge on any atom is -0.493 e. The summed E-state index contributed by atoms with van der Waals surface area (Å²) in [6.07, 6.45) is 3.70. The second kappa shape index (κ2) is 11.0. The van der Waals surface area contributed by atoms with Crippen molar-refractivity contribution in [2.75, 3.05) is 39.9 Å². The van der Waals surface area contributed by atoms with Gasteiger partial charge in [0.2, 0.25) is 15.9 Å². The van der Waals surface area contributed by atoms with Gasteiger partial charge in [0, 0.05) is 32.3 Å². The Balaban J connectivity index is 1.68. The molecular formula is C24H29ClN2O5S. The van der Waals surface area contributed by atoms with Gasteiger partial charge in [-0.15, -0.1) is 0 Å². The van der Waals surface area contributed by atoms with Crippen LogP contribution in [0, 0.1) is 6.92 Å². The summed E-state index contributed by atoms with van der Waals surface area (Å²) >= 11 is 6.30. The van der Waals surface area contributed by atoms with Gasteiger partial charge >= 0.3 is 0 Å². The number of rotatable bonds is 7. The van der Waals surface area contributed by atoms with E-state index >= 15 is 0 Å². The van der Waals surface area contributed by atoms with E-state index in [0.29, 0.717) is 54.7 Å². The Labute approximate surface area is 200 Å². The molecule has 1 heterocycles. The van der Waals surface area contributed by atoms with Crippen molar-refractivity contribution in [2.45, 2.75) is 25.2 Å². The Bertz CT molecular complexity index is 1120. The predicted octanol–water partition coefficient (Wildman–Crippen LogP) is 3.99. The molecule has 1 fully saturated rings. The summed E-state index contributed by atoms with van der Waals surface area (Å²) in [6, 6.07) is 10.3. The number of aryl methyl sites for hydroxylation is 1. The highest BCUT2D eigenvalue weighted by Gasteiger charge is 2.27. The topological polar surface area (TPSA) is 76.2 Å². The third-order valence-electron chi connectivity index (χ3n) is 5.38. The van der Waals surface area contributed by atoms with Crippen molar-refractivity contribution in [2.24, 2.45) is 0 Å². The van der Waals surface area contributed by atoms with Gasteiger partial charge in [0.05, 0.1) is 23.6 Å². The molecule has 0 aromatic heterocycles. The number of benzene rings is 2. The molecule has 0 saturated carbocycles. The molecule has 0 spiro atoms. The molecule has 2 aromatic rings. The maximum atomic E-state index is 13.0. The lowest BCUT2D eigenvalue weighted by molar-refractivity contribution is -0.125. The number of carbonyl (C=O) groups is 1. The highest BCUT2D eigenvalue weighted by atomic mass is 35.5. The standard InChI is InChI=1S/C24H29ClN2O5S/c1-4-32-24-21(25)16-19(17-22(24)31-3)8-11-23(28)26-12-5-13-27(15-14-26)33(29,30)20-9-6-18(2)7-10-20/h6-11,16-17H,4-5,12-15H2,1-3H3/b11-8+. The second-order valence-electron chi connectivity index (χ2n) is 7.70. The third kappa shape index (κ3) is 6.07. The van der Waals surface area contributed by atoms with E-state index in [1.165, 1.54) is 17.5 Å². The molecule has 1 aliphatic rings. The fraction of sp³-hybridized carbons (Fsp3) is 0.375. The van der Waals surface area contributed by atoms with Crippen molar-refractivity contribution in [1.29, 1.82) is 0 Å². The lowest BCUT2D eigenvalue weighted by Gasteiger charge is -2.21. The summed E-state index contributed by atoms with van der Waals surface area (Å²) in [5.41, 5.74) is 1.70. The maximum Gasteiger partial charge on any atom is 0.246 e. The SMILES string of the molecule is CCOc1c(Cl)cc(/C=C/C(=O)N2CCCN(S(=O)(=O)c3ccc(C)cc3)CC2)cc1OC. The highest BCUT2D eigenvalue weighted by molar-refractivity contribution is 7.89. The van der Waals surface area contributed by atoms with E-state index in [2.05, 4.69) is 0 Å². The summed E-state index contributed by atoms with van der Waals surface area (Å²) in [5.74, 6) is 0.768. The number of hydrogen-bond donors (Lipinski definition) is 0. The van der Waals surface area contributed by atoms with Crippen LogP contribution >= 0.6 is 11.6 Å². The van der Waals surface area contributed by atoms with Crippen LogP contribution in [0.4, 0.5) is 0 Å². The van der Waals surface area contributed by atoms with Gasteiger partial charge in [0.25, 0.3) is 0 Å². The maximum absolute atomic E-state index is 13.0. The van der Waals surface area contributed by atoms with Crippen LogP contribution in [0.5, 0.6) is 11.5 Å². The first-order chi connectivity index (χ1) is 15.8. The van der Waals surface area contributed by atoms with Crippen LogP contribution in [0.2, 0.25) is 5.02 Å². The van der Waals surface area contributed by atoms with Crippen molar-refractivity contribution in [3.8, 4) is 11.5 Å². The average molecular weight is 493 g/mol. The number of carbonyl (C=O) groups excluding carboxylic acids is 1. The largest absolute Gasteiger partial charge is 0.493 e. The molecule has 0 bridgehead atoms. The van der Waals surface area contributed by atoms with Gasteiger partial charge in [-0.05, 0) is 56.2 Å². The van der Waals surface area contributed by atoms with Crippen molar-refractivity contribution < 1.29 is 22.7 Å². The van der Waals surface area contributed by atoms with Crippen LogP contribution in [0.15, 0.2) is 47.4 Å². The zero-order valence-corrected chi connectivity index (χ0v) is 20.7. The lowest BCUT2D eigenvalue weighted by atomic mass is 10.1. The van der Waals surface area contributed by atoms with E-state index in [9.17, 15) is 13.2 Å². The number of amides is 1. The molecular weight excluding hydrogens is 464 g/mol. The number of ether oxygens (including phenoxy) is 2. The second-order valence-corrected chi connectivity index (χ2v) is 10.0. The van der Waals surface area contributed by atoms with E-state index in [0.717, 1.165) is 5.56 Å². The summed E-state index contributed by atoms with van der Waals surface area (Å²) in [5, 5.41) is 0.398. The molecule has 0 unspecified atom stereocenters. The molecule has 7 nitrogen and oxygen atoms in total. The van der Waals surface area contributed by atoms with Gasteiger partial charge in [-0.3, -0.25) is 4.79 Å². The smallest absolute Gasteiger partial charge is 0.246 e. The molecule has 1 amide bonds. The molecule has 0 atom stereocenters. The fourth-order valence-electron chi connectivity index (χ4n) is 3.61. The van der Waals surface area contributed by atoms with Crippen molar-refractivity contribution >= 4 is 33.6 Å². The Hall–Kier alpha value is -2.55. The molecule has 0 aliphatic carbocycles. The Morgan fingerprint density at radius 1 is 1.12 bits per heavy atom. The Kier molecular flexibility index (Phi) is 8.40. The third-order valence-corrected chi connectivity index (χ3v) is 7.58. The van der Waals surface area contributed by atoms with Crippen molar-refractivity contribution in [3.05, 3.63) is 58.6 Å². The van der Waals surface area contributed by atoms with E-state index in [4.69, 9.17) is 21.1 Å². The van der Waals surface area contributed by atoms with E-state index < -0.39 is 10.0 Å². The quantitative estimate of drug-likeness (QED) is 0.546. The minimum absolute atomic E-state index is 0.187. The molecule has 0 N–H and O–H groups in total. The molecule has 9 heteroatoms. The van der Waals surface area contributed by atoms with Crippen molar-refractivity contribution in [1.82, 2.24) is 9.21 Å². The van der Waals surface area contributed by atoms with E-state index in [1.54, 1.807) is 47.4 Å². The Morgan fingerprint density at radius 2 is 1.85 bits per heavy atom. The van der Waals surface area contributed by atoms with Gasteiger partial charge in [0.15, 0.2) is 11.5 Å². The first-order valence-electron chi connectivity index (χ1n) is 10.8. The number of methoxy groups -OCH3 is 1. The molecule has 0 radical (unpaired) electrons. The van der Waals surface area contributed by atoms with Crippen LogP contribution in [0.25, 0.3) is 6.08 Å². The van der Waals surface area contributed by atoms with Gasteiger partial charge in [-0.2, -0.15) is 4.31 Å². The first-order valence-corrected chi connectivity index (χ1v) is 12.6. The molecule has 33 heavy (non-hydrogen) atoms. The average Bonchev–Trinajstić information content (AvgIpc) is 3.06. The normalized spacial score (nSPS) is 15.5. The fourth-order valence-corrected chi connectivity index (χ4v) is 5.35. The molecule has 1 saturated heterocycles. The van der Waals surface area contributed by atoms with E-state index in [-0.39, 0.29) is 17.3 Å². The van der Waals surface area contributed by atoms with Crippen LogP contribution < -0.4 is 9.47 Å². The van der Waals surface area contributed by atoms with Gasteiger partial charge in [-0.25, -0.2) is 8.42 Å². The minimum atomic E-state index is -3.59. The Morgan fingerprint density at radius 3 is 2.52 bits per heavy atom. The van der Waals surface area contributed by atoms with Gasteiger partial charge in [-0.1, -0.05) is 29.3 Å². The van der Waals surface area contributed by atoms with Crippen molar-refractivity contribution in [3.63, 3.8) is 0 Å². The lowest BCUT2D eigenvalue weighted by Crippen LogP contribution is -2.36. The summed E-state index contributed by atoms with van der Waals surface area (Å²) in [6.45, 7) is 5.65. The van der Waals surface area contributed by atoms with Crippen LogP contribution in [0.3, 0.4) is 0 Å². The van der Waals surface area contributed by atoms with E-state index in [1.807, 2.05) is 13.8 Å². The predicted molar refractivity (Wildman–Crippen MR) is 129 cm³/mol. The monoisotopic (exact) mass is 492 g/mol. The van der Waals surface area contributed by atoms with Crippen LogP contribution in [-0.4, -0.2) is 63.4 Å². The summed E-state index contributed by atoms with van der Waals surface area (Å²) < 4.78 is 38.3. The molecule has 1 aliphatic heterocycles. The van der Waals surface area contributed by atoms with Crippen LogP contribution in [-0.2, 0) is 14.8 Å². The molecule has 2 aromatic carbocycles. The zero-order valence-electron chi connectivity index (χ0n) is 19.1. The van der Waals surface area contributed by atoms with Gasteiger partial charge < -0.3 is 14.4 Å². The zero-order chi connectivity index (χ0) is 24.0. The van der Waals surface area contributed by atoms with Gasteiger partial charge in [0.1, 0.15) is 0 Å². The van der Waals surface area contributed by atoms with Crippen LogP contribution in [0.1, 0.15) is 24.5 Å². The molecule has 178 valence electrons. The summed E-state index contributed by atoms with van der Waals surface area (Å²) in [7, 11) is -2.06. The molecule has 3 rings (SSSR count).